The smallest absolute Gasteiger partial charge is 0.224 e. The van der Waals surface area contributed by atoms with Crippen LogP contribution >= 0.6 is 0 Å². The molecule has 8 atom stereocenters. The molecule has 0 spiro atoms. The van der Waals surface area contributed by atoms with Gasteiger partial charge in [-0.25, -0.2) is 0 Å². The molecule has 2 heterocycles. The lowest BCUT2D eigenvalue weighted by molar-refractivity contribution is -0.370. The Hall–Kier alpha value is -0.400. The zero-order valence-corrected chi connectivity index (χ0v) is 11.0. The molecule has 7 N–H and O–H groups in total. The molecule has 0 unspecified atom stereocenters. The van der Waals surface area contributed by atoms with Gasteiger partial charge in [-0.1, -0.05) is 0 Å². The van der Waals surface area contributed by atoms with E-state index in [4.69, 9.17) is 19.3 Å². The zero-order chi connectivity index (χ0) is 15.8. The molecule has 124 valence electrons. The normalized spacial score (nSPS) is 51.3. The number of ether oxygens (including phenoxy) is 3. The maximum Gasteiger partial charge on any atom is 0.224 e. The second-order valence-corrected chi connectivity index (χ2v) is 5.11. The van der Waals surface area contributed by atoms with Gasteiger partial charge in [-0.05, 0) is 0 Å². The zero-order valence-electron chi connectivity index (χ0n) is 11.0. The van der Waals surface area contributed by atoms with Gasteiger partial charge in [-0.3, -0.25) is 0 Å². The monoisotopic (exact) mass is 312 g/mol. The number of rotatable bonds is 4. The molecule has 2 fully saturated rings. The highest BCUT2D eigenvalue weighted by Crippen LogP contribution is 2.35. The van der Waals surface area contributed by atoms with Crippen LogP contribution < -0.4 is 0 Å². The highest BCUT2D eigenvalue weighted by molar-refractivity contribution is 4.97. The van der Waals surface area contributed by atoms with Crippen LogP contribution in [0.15, 0.2) is 0 Å². The largest absolute Gasteiger partial charge is 0.394 e. The lowest BCUT2D eigenvalue weighted by atomic mass is 10.0. The Kier molecular flexibility index (Phi) is 5.15. The van der Waals surface area contributed by atoms with Gasteiger partial charge >= 0.3 is 0 Å². The van der Waals surface area contributed by atoms with Crippen LogP contribution in [0.5, 0.6) is 0 Å². The third-order valence-electron chi connectivity index (χ3n) is 3.68. The molecular formula is C11H20O10. The number of hydrogen-bond acceptors (Lipinski definition) is 10. The molecule has 2 saturated heterocycles. The van der Waals surface area contributed by atoms with Crippen molar-refractivity contribution < 1.29 is 50.0 Å². The third-order valence-corrected chi connectivity index (χ3v) is 3.68. The van der Waals surface area contributed by atoms with Gasteiger partial charge in [0.05, 0.1) is 13.2 Å². The van der Waals surface area contributed by atoms with Crippen molar-refractivity contribution in [3.8, 4) is 0 Å². The quantitative estimate of drug-likeness (QED) is 0.267. The van der Waals surface area contributed by atoms with Gasteiger partial charge in [-0.15, -0.1) is 0 Å². The van der Waals surface area contributed by atoms with Crippen molar-refractivity contribution in [1.82, 2.24) is 0 Å². The van der Waals surface area contributed by atoms with E-state index in [1.165, 1.54) is 0 Å². The van der Waals surface area contributed by atoms with Gasteiger partial charge < -0.3 is 50.0 Å². The van der Waals surface area contributed by atoms with Crippen LogP contribution in [0, 0.1) is 0 Å². The van der Waals surface area contributed by atoms with Gasteiger partial charge in [0.25, 0.3) is 0 Å². The second-order valence-electron chi connectivity index (χ2n) is 5.11. The van der Waals surface area contributed by atoms with Crippen LogP contribution in [0.1, 0.15) is 0 Å². The Balaban J connectivity index is 2.12. The maximum absolute atomic E-state index is 9.92. The predicted octanol–water partition coefficient (Wildman–Crippen LogP) is -4.76. The molecule has 0 aliphatic carbocycles. The summed E-state index contributed by atoms with van der Waals surface area (Å²) in [6.45, 7) is -1.86. The number of hydrogen-bond donors (Lipinski definition) is 7. The Bertz CT molecular complexity index is 354. The molecular weight excluding hydrogens is 292 g/mol. The summed E-state index contributed by atoms with van der Waals surface area (Å²) in [7, 11) is 0. The number of aliphatic hydroxyl groups excluding tert-OH is 7. The van der Waals surface area contributed by atoms with Gasteiger partial charge in [0, 0.05) is 0 Å². The summed E-state index contributed by atoms with van der Waals surface area (Å²) in [5.41, 5.74) is 0. The van der Waals surface area contributed by atoms with Crippen molar-refractivity contribution in [3.05, 3.63) is 0 Å². The molecule has 0 radical (unpaired) electrons. The fraction of sp³-hybridized carbons (Fsp3) is 1.00. The maximum atomic E-state index is 9.92. The summed E-state index contributed by atoms with van der Waals surface area (Å²) in [5.74, 6) is -2.12. The van der Waals surface area contributed by atoms with Gasteiger partial charge in [0.2, 0.25) is 5.79 Å². The summed E-state index contributed by atoms with van der Waals surface area (Å²) in [6, 6.07) is 0. The van der Waals surface area contributed by atoms with E-state index in [0.717, 1.165) is 0 Å². The van der Waals surface area contributed by atoms with Crippen LogP contribution in [-0.2, 0) is 14.2 Å². The first kappa shape index (κ1) is 17.0. The summed E-state index contributed by atoms with van der Waals surface area (Å²) in [4.78, 5) is 0. The minimum Gasteiger partial charge on any atom is -0.394 e. The molecule has 0 aromatic rings. The molecule has 0 aromatic heterocycles. The molecule has 0 saturated carbocycles. The summed E-state index contributed by atoms with van der Waals surface area (Å²) in [6.07, 6.45) is -10.4. The minimum absolute atomic E-state index is 0.341. The van der Waals surface area contributed by atoms with E-state index in [-0.39, 0.29) is 6.61 Å². The van der Waals surface area contributed by atoms with E-state index < -0.39 is 61.9 Å². The molecule has 10 nitrogen and oxygen atoms in total. The van der Waals surface area contributed by atoms with Gasteiger partial charge in [-0.2, -0.15) is 0 Å². The van der Waals surface area contributed by atoms with E-state index in [1.807, 2.05) is 0 Å². The lowest BCUT2D eigenvalue weighted by Gasteiger charge is -2.40. The van der Waals surface area contributed by atoms with Crippen molar-refractivity contribution in [3.63, 3.8) is 0 Å². The van der Waals surface area contributed by atoms with Crippen molar-refractivity contribution in [1.29, 1.82) is 0 Å². The first-order valence-electron chi connectivity index (χ1n) is 6.45. The highest BCUT2D eigenvalue weighted by Gasteiger charge is 2.57. The van der Waals surface area contributed by atoms with Gasteiger partial charge in [0.15, 0.2) is 6.29 Å². The van der Waals surface area contributed by atoms with E-state index in [0.29, 0.717) is 0 Å². The molecule has 0 amide bonds. The molecule has 0 bridgehead atoms. The first-order valence-corrected chi connectivity index (χ1v) is 6.45. The highest BCUT2D eigenvalue weighted by atomic mass is 16.8. The van der Waals surface area contributed by atoms with Crippen molar-refractivity contribution in [2.24, 2.45) is 0 Å². The van der Waals surface area contributed by atoms with Crippen LogP contribution in [0.2, 0.25) is 0 Å². The SMILES string of the molecule is OC[C@H]1O[C@@](CO)(O[C@H]2OC[C@@H](O)[C@H](O)[C@H]2O)[C@@H](O)[C@H]1O. The predicted molar refractivity (Wildman–Crippen MR) is 62.6 cm³/mol. The summed E-state index contributed by atoms with van der Waals surface area (Å²) >= 11 is 0. The van der Waals surface area contributed by atoms with E-state index in [1.54, 1.807) is 0 Å². The topological polar surface area (TPSA) is 169 Å². The molecule has 10 heteroatoms. The minimum atomic E-state index is -2.12. The average molecular weight is 312 g/mol. The van der Waals surface area contributed by atoms with Crippen LogP contribution in [-0.4, -0.2) is 104 Å². The van der Waals surface area contributed by atoms with Crippen molar-refractivity contribution >= 4 is 0 Å². The molecule has 2 rings (SSSR count). The van der Waals surface area contributed by atoms with E-state index in [9.17, 15) is 30.6 Å². The van der Waals surface area contributed by atoms with Crippen LogP contribution in [0.3, 0.4) is 0 Å². The molecule has 0 aromatic carbocycles. The van der Waals surface area contributed by atoms with E-state index >= 15 is 0 Å². The van der Waals surface area contributed by atoms with Crippen molar-refractivity contribution in [2.75, 3.05) is 19.8 Å². The molecule has 2 aliphatic rings. The van der Waals surface area contributed by atoms with Crippen LogP contribution in [0.25, 0.3) is 0 Å². The fourth-order valence-corrected chi connectivity index (χ4v) is 2.35. The molecule has 2 aliphatic heterocycles. The van der Waals surface area contributed by atoms with Gasteiger partial charge in [0.1, 0.15) is 43.2 Å². The Labute approximate surface area is 119 Å². The first-order chi connectivity index (χ1) is 9.86. The molecule has 21 heavy (non-hydrogen) atoms. The summed E-state index contributed by atoms with van der Waals surface area (Å²) < 4.78 is 15.3. The number of aliphatic hydroxyl groups is 7. The Morgan fingerprint density at radius 1 is 1.00 bits per heavy atom. The third kappa shape index (κ3) is 2.92. The van der Waals surface area contributed by atoms with E-state index in [2.05, 4.69) is 0 Å². The standard InChI is InChI=1S/C11H20O10/c12-1-5-7(16)9(18)11(3-13,20-5)21-10-8(17)6(15)4(14)2-19-10/h4-10,12-18H,1-3H2/t4-,5-,6+,7+,8-,9+,10-,11+/m1/s1. The Morgan fingerprint density at radius 2 is 1.67 bits per heavy atom. The lowest BCUT2D eigenvalue weighted by Crippen LogP contribution is -2.59. The summed E-state index contributed by atoms with van der Waals surface area (Å²) in [5, 5.41) is 66.7. The van der Waals surface area contributed by atoms with Crippen LogP contribution in [0.4, 0.5) is 0 Å². The average Bonchev–Trinajstić information content (AvgIpc) is 2.73. The Morgan fingerprint density at radius 3 is 2.19 bits per heavy atom. The second kappa shape index (κ2) is 6.38. The fourth-order valence-electron chi connectivity index (χ4n) is 2.35. The van der Waals surface area contributed by atoms with Crippen molar-refractivity contribution in [2.45, 2.75) is 48.7 Å².